The Morgan fingerprint density at radius 1 is 0.976 bits per heavy atom. The Labute approximate surface area is 240 Å². The van der Waals surface area contributed by atoms with Crippen LogP contribution in [0.4, 0.5) is 29.0 Å². The van der Waals surface area contributed by atoms with Gasteiger partial charge in [-0.25, -0.2) is 9.59 Å². The Kier molecular flexibility index (Phi) is 9.21. The zero-order valence-electron chi connectivity index (χ0n) is 22.4. The molecule has 2 amide bonds. The summed E-state index contributed by atoms with van der Waals surface area (Å²) in [6.07, 6.45) is 0.288. The first kappa shape index (κ1) is 29.4. The van der Waals surface area contributed by atoms with E-state index in [4.69, 9.17) is 11.5 Å². The molecule has 0 aliphatic carbocycles. The minimum absolute atomic E-state index is 0.00735. The number of aliphatic carboxylic acids is 1. The molecule has 2 unspecified atom stereocenters. The highest BCUT2D eigenvalue weighted by Gasteiger charge is 2.23. The number of carboxylic acid groups (broad SMARTS) is 2. The van der Waals surface area contributed by atoms with Gasteiger partial charge < -0.3 is 48.3 Å². The fourth-order valence-corrected chi connectivity index (χ4v) is 4.31. The van der Waals surface area contributed by atoms with Gasteiger partial charge in [-0.3, -0.25) is 9.59 Å². The molecule has 42 heavy (non-hydrogen) atoms. The summed E-state index contributed by atoms with van der Waals surface area (Å²) >= 11 is 0. The van der Waals surface area contributed by atoms with E-state index in [9.17, 15) is 29.4 Å². The quantitative estimate of drug-likeness (QED) is 0.137. The van der Waals surface area contributed by atoms with Gasteiger partial charge in [0, 0.05) is 30.9 Å². The Bertz CT molecular complexity index is 1480. The summed E-state index contributed by atoms with van der Waals surface area (Å²) in [5, 5.41) is 33.6. The molecule has 15 nitrogen and oxygen atoms in total. The predicted octanol–water partition coefficient (Wildman–Crippen LogP) is 1.05. The van der Waals surface area contributed by atoms with Crippen molar-refractivity contribution < 1.29 is 29.4 Å². The van der Waals surface area contributed by atoms with Crippen LogP contribution >= 0.6 is 0 Å². The first-order valence-electron chi connectivity index (χ1n) is 13.0. The van der Waals surface area contributed by atoms with Gasteiger partial charge in [0.05, 0.1) is 17.2 Å². The molecular weight excluding hydrogens is 546 g/mol. The van der Waals surface area contributed by atoms with Crippen LogP contribution in [-0.4, -0.2) is 75.7 Å². The predicted molar refractivity (Wildman–Crippen MR) is 156 cm³/mol. The third-order valence-electron chi connectivity index (χ3n) is 6.48. The number of nitrogens with zero attached hydrogens (tertiary/aromatic N) is 2. The van der Waals surface area contributed by atoms with Gasteiger partial charge >= 0.3 is 11.9 Å². The molecule has 3 aromatic rings. The lowest BCUT2D eigenvalue weighted by atomic mass is 10.1. The summed E-state index contributed by atoms with van der Waals surface area (Å²) in [6, 6.07) is 11.1. The second kappa shape index (κ2) is 13.2. The number of carboxylic acids is 2. The van der Waals surface area contributed by atoms with Crippen molar-refractivity contribution in [1.82, 2.24) is 20.6 Å². The SMILES string of the molecule is Nc1nc(N)c2c(n1)NCC(CNc1ccc(C(=O)NC(CCCNC(=O)c3ccccc3C(=O)O)C(=O)O)cc1)N2. The van der Waals surface area contributed by atoms with Gasteiger partial charge in [-0.2, -0.15) is 9.97 Å². The summed E-state index contributed by atoms with van der Waals surface area (Å²) in [4.78, 5) is 56.2. The Morgan fingerprint density at radius 2 is 1.69 bits per heavy atom. The van der Waals surface area contributed by atoms with Gasteiger partial charge in [-0.15, -0.1) is 0 Å². The average Bonchev–Trinajstić information content (AvgIpc) is 2.97. The fourth-order valence-electron chi connectivity index (χ4n) is 4.31. The molecule has 2 heterocycles. The molecule has 2 aromatic carbocycles. The molecule has 4 rings (SSSR count). The minimum Gasteiger partial charge on any atom is -0.480 e. The molecule has 15 heteroatoms. The number of nitrogens with two attached hydrogens (primary N) is 2. The molecule has 0 radical (unpaired) electrons. The van der Waals surface area contributed by atoms with E-state index < -0.39 is 29.8 Å². The Balaban J connectivity index is 1.23. The standard InChI is InChI=1S/C27H31N9O6/c28-21-20-22(36-27(29)35-21)32-13-16(33-20)12-31-15-9-7-14(8-10-15)23(37)34-19(26(41)42)6-3-11-30-24(38)17-4-1-2-5-18(17)25(39)40/h1-2,4-5,7-10,16,19,31,33H,3,6,11-13H2,(H,30,38)(H,34,37)(H,39,40)(H,41,42)(H5,28,29,32,35,36). The molecule has 0 saturated carbocycles. The molecule has 220 valence electrons. The van der Waals surface area contributed by atoms with E-state index in [2.05, 4.69) is 36.6 Å². The highest BCUT2D eigenvalue weighted by Crippen LogP contribution is 2.29. The molecular formula is C27H31N9O6. The molecule has 11 N–H and O–H groups in total. The van der Waals surface area contributed by atoms with Gasteiger partial charge in [0.25, 0.3) is 11.8 Å². The number of aromatic carboxylic acids is 1. The van der Waals surface area contributed by atoms with Crippen LogP contribution in [0.2, 0.25) is 0 Å². The zero-order valence-corrected chi connectivity index (χ0v) is 22.4. The Morgan fingerprint density at radius 3 is 2.38 bits per heavy atom. The van der Waals surface area contributed by atoms with E-state index in [0.29, 0.717) is 24.6 Å². The number of fused-ring (bicyclic) bond motifs is 1. The molecule has 2 atom stereocenters. The molecule has 0 bridgehead atoms. The number of anilines is 5. The van der Waals surface area contributed by atoms with Gasteiger partial charge in [0.1, 0.15) is 11.7 Å². The lowest BCUT2D eigenvalue weighted by Crippen LogP contribution is -2.41. The lowest BCUT2D eigenvalue weighted by Gasteiger charge is -2.28. The van der Waals surface area contributed by atoms with Crippen LogP contribution in [-0.2, 0) is 4.79 Å². The normalized spacial score (nSPS) is 14.3. The van der Waals surface area contributed by atoms with Crippen LogP contribution in [0.1, 0.15) is 43.9 Å². The summed E-state index contributed by atoms with van der Waals surface area (Å²) in [5.74, 6) is -2.71. The van der Waals surface area contributed by atoms with Crippen LogP contribution in [0.5, 0.6) is 0 Å². The van der Waals surface area contributed by atoms with Crippen LogP contribution in [0.15, 0.2) is 48.5 Å². The molecule has 0 spiro atoms. The highest BCUT2D eigenvalue weighted by atomic mass is 16.4. The molecule has 0 fully saturated rings. The maximum absolute atomic E-state index is 12.7. The number of hydrogen-bond acceptors (Lipinski definition) is 11. The van der Waals surface area contributed by atoms with E-state index in [0.717, 1.165) is 5.69 Å². The van der Waals surface area contributed by atoms with Crippen LogP contribution in [0.3, 0.4) is 0 Å². The van der Waals surface area contributed by atoms with Crippen molar-refractivity contribution >= 4 is 52.7 Å². The number of hydrogen-bond donors (Lipinski definition) is 9. The third-order valence-corrected chi connectivity index (χ3v) is 6.48. The average molecular weight is 578 g/mol. The number of nitrogen functional groups attached to an aromatic ring is 2. The summed E-state index contributed by atoms with van der Waals surface area (Å²) in [6.45, 7) is 1.17. The van der Waals surface area contributed by atoms with Crippen molar-refractivity contribution in [1.29, 1.82) is 0 Å². The largest absolute Gasteiger partial charge is 0.480 e. The van der Waals surface area contributed by atoms with Crippen LogP contribution < -0.4 is 38.1 Å². The van der Waals surface area contributed by atoms with Gasteiger partial charge in [-0.1, -0.05) is 12.1 Å². The van der Waals surface area contributed by atoms with Crippen molar-refractivity contribution in [2.75, 3.05) is 47.1 Å². The first-order valence-corrected chi connectivity index (χ1v) is 13.0. The number of aromatic nitrogens is 2. The lowest BCUT2D eigenvalue weighted by molar-refractivity contribution is -0.139. The molecule has 1 aromatic heterocycles. The van der Waals surface area contributed by atoms with Crippen LogP contribution in [0.25, 0.3) is 0 Å². The summed E-state index contributed by atoms with van der Waals surface area (Å²) < 4.78 is 0. The highest BCUT2D eigenvalue weighted by molar-refractivity contribution is 6.04. The van der Waals surface area contributed by atoms with Crippen molar-refractivity contribution in [2.45, 2.75) is 24.9 Å². The summed E-state index contributed by atoms with van der Waals surface area (Å²) in [7, 11) is 0. The fraction of sp³-hybridized carbons (Fsp3) is 0.259. The number of benzene rings is 2. The van der Waals surface area contributed by atoms with E-state index in [-0.39, 0.29) is 53.9 Å². The van der Waals surface area contributed by atoms with E-state index in [1.54, 1.807) is 30.3 Å². The molecule has 1 aliphatic rings. The van der Waals surface area contributed by atoms with E-state index >= 15 is 0 Å². The number of nitrogens with one attached hydrogen (secondary N) is 5. The summed E-state index contributed by atoms with van der Waals surface area (Å²) in [5.41, 5.74) is 13.0. The van der Waals surface area contributed by atoms with Gasteiger partial charge in [-0.05, 0) is 49.2 Å². The van der Waals surface area contributed by atoms with Crippen molar-refractivity contribution in [3.8, 4) is 0 Å². The second-order valence-electron chi connectivity index (χ2n) is 9.48. The van der Waals surface area contributed by atoms with Gasteiger partial charge in [0.15, 0.2) is 11.6 Å². The van der Waals surface area contributed by atoms with E-state index in [1.807, 2.05) is 0 Å². The number of rotatable bonds is 12. The maximum Gasteiger partial charge on any atom is 0.336 e. The second-order valence-corrected chi connectivity index (χ2v) is 9.48. The van der Waals surface area contributed by atoms with E-state index in [1.165, 1.54) is 18.2 Å². The minimum atomic E-state index is -1.23. The number of amides is 2. The maximum atomic E-state index is 12.7. The molecule has 0 saturated heterocycles. The first-order chi connectivity index (χ1) is 20.1. The van der Waals surface area contributed by atoms with Gasteiger partial charge in [0.2, 0.25) is 5.95 Å². The Hall–Kier alpha value is -5.60. The topological polar surface area (TPSA) is 247 Å². The van der Waals surface area contributed by atoms with Crippen molar-refractivity contribution in [3.63, 3.8) is 0 Å². The third kappa shape index (κ3) is 7.32. The van der Waals surface area contributed by atoms with Crippen LogP contribution in [0, 0.1) is 0 Å². The zero-order chi connectivity index (χ0) is 30.2. The monoisotopic (exact) mass is 577 g/mol. The van der Waals surface area contributed by atoms with Crippen molar-refractivity contribution in [2.24, 2.45) is 0 Å². The number of carbonyl (C=O) groups is 4. The smallest absolute Gasteiger partial charge is 0.336 e. The van der Waals surface area contributed by atoms with Crippen molar-refractivity contribution in [3.05, 3.63) is 65.2 Å². The molecule has 1 aliphatic heterocycles. The number of carbonyl (C=O) groups excluding carboxylic acids is 2.